The molecule has 196 valence electrons. The molecule has 0 radical (unpaired) electrons. The number of likely N-dealkylation sites (N-methyl/N-ethyl adjacent to an activating group) is 1. The summed E-state index contributed by atoms with van der Waals surface area (Å²) in [5.41, 5.74) is 0.784. The average Bonchev–Trinajstić information content (AvgIpc) is 3.69. The molecule has 1 saturated carbocycles. The van der Waals surface area contributed by atoms with E-state index >= 15 is 0 Å². The van der Waals surface area contributed by atoms with Crippen LogP contribution in [0, 0.1) is 11.3 Å². The fourth-order valence-corrected chi connectivity index (χ4v) is 4.01. The number of aldehydes is 1. The molecule has 2 N–H and O–H groups in total. The average molecular weight is 510 g/mol. The maximum absolute atomic E-state index is 12.9. The number of nitrogens with zero attached hydrogens (tertiary/aromatic N) is 6. The standard InChI is InChI=1S/C25H31N7O5/c1-30-8-9-32(23(34)14-30)13-17-4-5-22(28-19(17)15-33)31(2)24(35)29-21-10-20(18(11-26)12-27-21)37-16-25(36-3)6-7-25/h4-5,10,12,15,23,34H,6-9,13-14,16H2,1-3H3,(H,27,29,35). The van der Waals surface area contributed by atoms with Crippen LogP contribution in [0.1, 0.15) is 34.5 Å². The zero-order valence-electron chi connectivity index (χ0n) is 21.2. The Morgan fingerprint density at radius 3 is 2.84 bits per heavy atom. The first kappa shape index (κ1) is 26.4. The number of nitriles is 1. The summed E-state index contributed by atoms with van der Waals surface area (Å²) in [6.07, 6.45) is 3.11. The lowest BCUT2D eigenvalue weighted by Gasteiger charge is -2.37. The first-order chi connectivity index (χ1) is 17.8. The molecule has 2 amide bonds. The summed E-state index contributed by atoms with van der Waals surface area (Å²) in [5.74, 6) is 0.767. The van der Waals surface area contributed by atoms with Crippen molar-refractivity contribution in [1.82, 2.24) is 19.8 Å². The Labute approximate surface area is 215 Å². The second kappa shape index (κ2) is 11.2. The highest BCUT2D eigenvalue weighted by atomic mass is 16.5. The van der Waals surface area contributed by atoms with Gasteiger partial charge >= 0.3 is 6.03 Å². The number of anilines is 2. The summed E-state index contributed by atoms with van der Waals surface area (Å²) in [4.78, 5) is 38.3. The zero-order valence-corrected chi connectivity index (χ0v) is 21.2. The lowest BCUT2D eigenvalue weighted by molar-refractivity contribution is -0.0538. The monoisotopic (exact) mass is 509 g/mol. The number of ether oxygens (including phenoxy) is 2. The van der Waals surface area contributed by atoms with Gasteiger partial charge in [0.25, 0.3) is 0 Å². The van der Waals surface area contributed by atoms with Crippen molar-refractivity contribution in [3.05, 3.63) is 41.2 Å². The molecule has 2 aromatic heterocycles. The van der Waals surface area contributed by atoms with Gasteiger partial charge in [-0.2, -0.15) is 5.26 Å². The molecule has 1 aliphatic carbocycles. The number of methoxy groups -OCH3 is 1. The van der Waals surface area contributed by atoms with E-state index in [1.807, 2.05) is 22.9 Å². The summed E-state index contributed by atoms with van der Waals surface area (Å²) in [5, 5.41) is 22.4. The minimum atomic E-state index is -0.635. The van der Waals surface area contributed by atoms with Crippen LogP contribution in [-0.2, 0) is 11.3 Å². The van der Waals surface area contributed by atoms with Crippen LogP contribution in [0.25, 0.3) is 0 Å². The van der Waals surface area contributed by atoms with E-state index in [1.54, 1.807) is 19.2 Å². The number of carbonyl (C=O) groups is 2. The normalized spacial score (nSPS) is 19.1. The molecular formula is C25H31N7O5. The number of amides is 2. The van der Waals surface area contributed by atoms with Gasteiger partial charge in [0.15, 0.2) is 6.29 Å². The number of piperazine rings is 1. The van der Waals surface area contributed by atoms with Crippen LogP contribution in [0.3, 0.4) is 0 Å². The van der Waals surface area contributed by atoms with E-state index in [0.717, 1.165) is 19.4 Å². The Balaban J connectivity index is 1.43. The van der Waals surface area contributed by atoms with Crippen molar-refractivity contribution in [2.24, 2.45) is 0 Å². The molecule has 0 bridgehead atoms. The molecule has 2 fully saturated rings. The molecule has 1 unspecified atom stereocenters. The maximum Gasteiger partial charge on any atom is 0.328 e. The molecule has 12 heteroatoms. The van der Waals surface area contributed by atoms with Crippen molar-refractivity contribution < 1.29 is 24.2 Å². The SMILES string of the molecule is COC1(COc2cc(NC(=O)N(C)c3ccc(CN4CCN(C)CC4O)c(C=O)n3)ncc2C#N)CC1. The molecule has 1 saturated heterocycles. The first-order valence-corrected chi connectivity index (χ1v) is 12.0. The number of β-amino-alcohol motifs (C(OH)–C–C–N with tert-alkyl or cyclic N) is 1. The van der Waals surface area contributed by atoms with Gasteiger partial charge in [-0.1, -0.05) is 6.07 Å². The molecule has 1 atom stereocenters. The van der Waals surface area contributed by atoms with Crippen molar-refractivity contribution in [1.29, 1.82) is 5.26 Å². The van der Waals surface area contributed by atoms with Crippen LogP contribution >= 0.6 is 0 Å². The third-order valence-corrected chi connectivity index (χ3v) is 6.75. The number of hydrogen-bond donors (Lipinski definition) is 2. The molecular weight excluding hydrogens is 478 g/mol. The van der Waals surface area contributed by atoms with Crippen molar-refractivity contribution in [2.45, 2.75) is 31.2 Å². The largest absolute Gasteiger partial charge is 0.489 e. The highest BCUT2D eigenvalue weighted by molar-refractivity contribution is 6.00. The number of rotatable bonds is 9. The summed E-state index contributed by atoms with van der Waals surface area (Å²) in [6.45, 7) is 2.66. The summed E-state index contributed by atoms with van der Waals surface area (Å²) < 4.78 is 11.3. The summed E-state index contributed by atoms with van der Waals surface area (Å²) >= 11 is 0. The second-order valence-corrected chi connectivity index (χ2v) is 9.39. The van der Waals surface area contributed by atoms with Crippen LogP contribution in [0.15, 0.2) is 24.4 Å². The van der Waals surface area contributed by atoms with Gasteiger partial charge in [0.05, 0.1) is 6.20 Å². The summed E-state index contributed by atoms with van der Waals surface area (Å²) in [6, 6.07) is 6.37. The smallest absolute Gasteiger partial charge is 0.328 e. The van der Waals surface area contributed by atoms with Gasteiger partial charge in [-0.05, 0) is 31.5 Å². The highest BCUT2D eigenvalue weighted by Gasteiger charge is 2.44. The second-order valence-electron chi connectivity index (χ2n) is 9.39. The highest BCUT2D eigenvalue weighted by Crippen LogP contribution is 2.39. The number of pyridine rings is 2. The van der Waals surface area contributed by atoms with E-state index in [2.05, 4.69) is 15.3 Å². The number of nitrogens with one attached hydrogen (secondary N) is 1. The van der Waals surface area contributed by atoms with Gasteiger partial charge in [-0.25, -0.2) is 14.8 Å². The Kier molecular flexibility index (Phi) is 7.99. The zero-order chi connectivity index (χ0) is 26.6. The molecule has 37 heavy (non-hydrogen) atoms. The molecule has 0 spiro atoms. The number of aliphatic hydroxyl groups is 1. The van der Waals surface area contributed by atoms with E-state index in [9.17, 15) is 20.0 Å². The molecule has 4 rings (SSSR count). The van der Waals surface area contributed by atoms with E-state index in [4.69, 9.17) is 9.47 Å². The fraction of sp³-hybridized carbons (Fsp3) is 0.480. The van der Waals surface area contributed by atoms with Crippen molar-refractivity contribution in [3.63, 3.8) is 0 Å². The topological polar surface area (TPSA) is 144 Å². The van der Waals surface area contributed by atoms with Gasteiger partial charge in [0.1, 0.15) is 53.1 Å². The van der Waals surface area contributed by atoms with Crippen LogP contribution in [0.2, 0.25) is 0 Å². The first-order valence-electron chi connectivity index (χ1n) is 12.0. The molecule has 2 aliphatic rings. The number of aliphatic hydroxyl groups excluding tert-OH is 1. The Bertz CT molecular complexity index is 1200. The number of urea groups is 1. The van der Waals surface area contributed by atoms with Gasteiger partial charge < -0.3 is 19.5 Å². The minimum Gasteiger partial charge on any atom is -0.489 e. The van der Waals surface area contributed by atoms with Crippen molar-refractivity contribution in [2.75, 3.05) is 57.7 Å². The molecule has 2 aromatic rings. The number of hydrogen-bond acceptors (Lipinski definition) is 10. The summed E-state index contributed by atoms with van der Waals surface area (Å²) in [7, 11) is 5.09. The molecule has 0 aromatic carbocycles. The molecule has 12 nitrogen and oxygen atoms in total. The van der Waals surface area contributed by atoms with Crippen LogP contribution in [0.4, 0.5) is 16.4 Å². The number of aromatic nitrogens is 2. The van der Waals surface area contributed by atoms with E-state index in [0.29, 0.717) is 43.8 Å². The van der Waals surface area contributed by atoms with E-state index < -0.39 is 12.3 Å². The predicted octanol–water partition coefficient (Wildman–Crippen LogP) is 1.45. The van der Waals surface area contributed by atoms with E-state index in [1.165, 1.54) is 24.2 Å². The van der Waals surface area contributed by atoms with E-state index in [-0.39, 0.29) is 28.5 Å². The maximum atomic E-state index is 12.9. The van der Waals surface area contributed by atoms with Gasteiger partial charge in [-0.3, -0.25) is 19.9 Å². The fourth-order valence-electron chi connectivity index (χ4n) is 4.01. The predicted molar refractivity (Wildman–Crippen MR) is 134 cm³/mol. The number of carbonyl (C=O) groups excluding carboxylic acids is 2. The van der Waals surface area contributed by atoms with Crippen LogP contribution < -0.4 is 15.0 Å². The van der Waals surface area contributed by atoms with Gasteiger partial charge in [-0.15, -0.1) is 0 Å². The lowest BCUT2D eigenvalue weighted by Crippen LogP contribution is -2.51. The Hall–Kier alpha value is -3.63. The molecule has 3 heterocycles. The van der Waals surface area contributed by atoms with Crippen LogP contribution in [-0.4, -0.2) is 96.5 Å². The quantitative estimate of drug-likeness (QED) is 0.477. The third-order valence-electron chi connectivity index (χ3n) is 6.75. The Morgan fingerprint density at radius 1 is 1.41 bits per heavy atom. The van der Waals surface area contributed by atoms with Crippen molar-refractivity contribution >= 4 is 24.0 Å². The van der Waals surface area contributed by atoms with Gasteiger partial charge in [0, 0.05) is 46.4 Å². The van der Waals surface area contributed by atoms with Crippen molar-refractivity contribution in [3.8, 4) is 11.8 Å². The molecule has 1 aliphatic heterocycles. The Morgan fingerprint density at radius 2 is 2.19 bits per heavy atom. The minimum absolute atomic E-state index is 0.197. The third kappa shape index (κ3) is 6.20. The van der Waals surface area contributed by atoms with Crippen LogP contribution in [0.5, 0.6) is 5.75 Å². The lowest BCUT2D eigenvalue weighted by atomic mass is 10.1. The van der Waals surface area contributed by atoms with Gasteiger partial charge in [0.2, 0.25) is 0 Å².